The summed E-state index contributed by atoms with van der Waals surface area (Å²) in [4.78, 5) is 11.2. The van der Waals surface area contributed by atoms with Gasteiger partial charge in [0.1, 0.15) is 5.03 Å². The van der Waals surface area contributed by atoms with Gasteiger partial charge in [0.2, 0.25) is 0 Å². The zero-order chi connectivity index (χ0) is 8.23. The number of rotatable bonds is 2. The third kappa shape index (κ3) is 1.65. The van der Waals surface area contributed by atoms with Gasteiger partial charge in [0.25, 0.3) is 0 Å². The van der Waals surface area contributed by atoms with E-state index in [1.165, 1.54) is 11.8 Å². The van der Waals surface area contributed by atoms with Crippen molar-refractivity contribution in [2.75, 3.05) is 0 Å². The molecule has 0 fully saturated rings. The number of nitrogens with zero attached hydrogens (tertiary/aromatic N) is 2. The standard InChI is InChI=1S/C8H6N3S/c1-2-4-9-7(3-1)12-8-10-5-6-11-8/h1,3-6H,(H,10,11). The lowest BCUT2D eigenvalue weighted by atomic mass is 10.5. The molecule has 0 saturated carbocycles. The van der Waals surface area contributed by atoms with Gasteiger partial charge >= 0.3 is 0 Å². The molecule has 0 aliphatic heterocycles. The molecule has 1 N–H and O–H groups in total. The van der Waals surface area contributed by atoms with Crippen molar-refractivity contribution in [2.45, 2.75) is 10.2 Å². The average molecular weight is 176 g/mol. The van der Waals surface area contributed by atoms with Gasteiger partial charge in [-0.3, -0.25) is 0 Å². The summed E-state index contributed by atoms with van der Waals surface area (Å²) in [6, 6.07) is 6.58. The highest BCUT2D eigenvalue weighted by Crippen LogP contribution is 2.20. The van der Waals surface area contributed by atoms with Crippen LogP contribution in [0.1, 0.15) is 0 Å². The monoisotopic (exact) mass is 176 g/mol. The van der Waals surface area contributed by atoms with Crippen molar-refractivity contribution in [2.24, 2.45) is 0 Å². The minimum atomic E-state index is 0.855. The van der Waals surface area contributed by atoms with E-state index < -0.39 is 0 Å². The first-order valence-electron chi connectivity index (χ1n) is 3.44. The molecule has 0 spiro atoms. The van der Waals surface area contributed by atoms with Gasteiger partial charge in [-0.2, -0.15) is 0 Å². The first-order chi connectivity index (χ1) is 5.95. The fourth-order valence-corrected chi connectivity index (χ4v) is 1.45. The minimum absolute atomic E-state index is 0.855. The summed E-state index contributed by atoms with van der Waals surface area (Å²) in [6.07, 6.45) is 5.15. The highest BCUT2D eigenvalue weighted by Gasteiger charge is 1.97. The lowest BCUT2D eigenvalue weighted by molar-refractivity contribution is 1.04. The molecule has 0 amide bonds. The van der Waals surface area contributed by atoms with Gasteiger partial charge in [-0.1, -0.05) is 6.07 Å². The third-order valence-electron chi connectivity index (χ3n) is 1.26. The van der Waals surface area contributed by atoms with Crippen LogP contribution in [-0.4, -0.2) is 15.0 Å². The van der Waals surface area contributed by atoms with Gasteiger partial charge in [-0.15, -0.1) is 0 Å². The van der Waals surface area contributed by atoms with Gasteiger partial charge in [-0.25, -0.2) is 9.97 Å². The number of imidazole rings is 1. The van der Waals surface area contributed by atoms with E-state index in [4.69, 9.17) is 0 Å². The summed E-state index contributed by atoms with van der Waals surface area (Å²) < 4.78 is 0. The van der Waals surface area contributed by atoms with E-state index in [0.29, 0.717) is 0 Å². The first kappa shape index (κ1) is 7.36. The normalized spacial score (nSPS) is 10.0. The van der Waals surface area contributed by atoms with Crippen LogP contribution < -0.4 is 0 Å². The van der Waals surface area contributed by atoms with Crippen LogP contribution in [0.4, 0.5) is 0 Å². The maximum Gasteiger partial charge on any atom is 0.171 e. The quantitative estimate of drug-likeness (QED) is 0.758. The van der Waals surface area contributed by atoms with E-state index in [-0.39, 0.29) is 0 Å². The largest absolute Gasteiger partial charge is 0.339 e. The molecule has 0 aromatic carbocycles. The summed E-state index contributed by atoms with van der Waals surface area (Å²) in [6.45, 7) is 0. The number of aromatic nitrogens is 3. The fraction of sp³-hybridized carbons (Fsp3) is 0. The Morgan fingerprint density at radius 3 is 3.08 bits per heavy atom. The minimum Gasteiger partial charge on any atom is -0.339 e. The lowest BCUT2D eigenvalue weighted by Crippen LogP contribution is -1.78. The zero-order valence-electron chi connectivity index (χ0n) is 6.19. The van der Waals surface area contributed by atoms with Crippen LogP contribution in [0, 0.1) is 6.07 Å². The van der Waals surface area contributed by atoms with E-state index in [9.17, 15) is 0 Å². The van der Waals surface area contributed by atoms with E-state index >= 15 is 0 Å². The number of pyridine rings is 1. The van der Waals surface area contributed by atoms with Crippen LogP contribution in [0.25, 0.3) is 0 Å². The number of hydrogen-bond acceptors (Lipinski definition) is 3. The zero-order valence-corrected chi connectivity index (χ0v) is 7.01. The molecule has 2 rings (SSSR count). The second-order valence-corrected chi connectivity index (χ2v) is 3.10. The molecule has 4 heteroatoms. The third-order valence-corrected chi connectivity index (χ3v) is 2.13. The van der Waals surface area contributed by atoms with Crippen molar-refractivity contribution in [1.82, 2.24) is 15.0 Å². The molecule has 2 heterocycles. The molecule has 59 valence electrons. The summed E-state index contributed by atoms with van der Waals surface area (Å²) in [7, 11) is 0. The summed E-state index contributed by atoms with van der Waals surface area (Å²) in [5, 5.41) is 1.78. The van der Waals surface area contributed by atoms with Gasteiger partial charge in [-0.05, 0) is 17.8 Å². The average Bonchev–Trinajstić information content (AvgIpc) is 2.59. The molecule has 2 aromatic rings. The van der Waals surface area contributed by atoms with Crippen molar-refractivity contribution in [1.29, 1.82) is 0 Å². The summed E-state index contributed by atoms with van der Waals surface area (Å²) in [5.41, 5.74) is 0. The van der Waals surface area contributed by atoms with E-state index in [0.717, 1.165) is 10.2 Å². The molecule has 0 aliphatic carbocycles. The molecule has 1 radical (unpaired) electrons. The Labute approximate surface area is 74.3 Å². The maximum absolute atomic E-state index is 4.10. The smallest absolute Gasteiger partial charge is 0.171 e. The molecule has 0 aliphatic rings. The predicted octanol–water partition coefficient (Wildman–Crippen LogP) is 1.76. The van der Waals surface area contributed by atoms with Crippen molar-refractivity contribution in [3.05, 3.63) is 36.8 Å². The van der Waals surface area contributed by atoms with Gasteiger partial charge in [0, 0.05) is 24.7 Å². The Hall–Kier alpha value is -1.29. The fourth-order valence-electron chi connectivity index (χ4n) is 0.772. The van der Waals surface area contributed by atoms with Crippen molar-refractivity contribution < 1.29 is 0 Å². The lowest BCUT2D eigenvalue weighted by Gasteiger charge is -1.93. The van der Waals surface area contributed by atoms with Gasteiger partial charge < -0.3 is 4.98 Å². The Morgan fingerprint density at radius 2 is 2.42 bits per heavy atom. The summed E-state index contributed by atoms with van der Waals surface area (Å²) in [5.74, 6) is 0. The van der Waals surface area contributed by atoms with Crippen LogP contribution in [0.3, 0.4) is 0 Å². The Kier molecular flexibility index (Phi) is 2.09. The van der Waals surface area contributed by atoms with Crippen LogP contribution in [0.5, 0.6) is 0 Å². The molecule has 12 heavy (non-hydrogen) atoms. The number of aromatic amines is 1. The molecule has 0 saturated heterocycles. The van der Waals surface area contributed by atoms with Crippen LogP contribution in [-0.2, 0) is 0 Å². The number of nitrogens with one attached hydrogen (secondary N) is 1. The molecule has 0 atom stereocenters. The Bertz CT molecular complexity index is 330. The highest BCUT2D eigenvalue weighted by molar-refractivity contribution is 7.99. The molecule has 0 bridgehead atoms. The number of H-pyrrole nitrogens is 1. The van der Waals surface area contributed by atoms with Gasteiger partial charge in [0.15, 0.2) is 5.16 Å². The highest BCUT2D eigenvalue weighted by atomic mass is 32.2. The second kappa shape index (κ2) is 3.40. The first-order valence-corrected chi connectivity index (χ1v) is 4.26. The number of hydrogen-bond donors (Lipinski definition) is 1. The predicted molar refractivity (Wildman–Crippen MR) is 45.8 cm³/mol. The molecule has 3 nitrogen and oxygen atoms in total. The molecular formula is C8H6N3S. The molecule has 0 unspecified atom stereocenters. The van der Waals surface area contributed by atoms with Crippen molar-refractivity contribution in [3.63, 3.8) is 0 Å². The van der Waals surface area contributed by atoms with Crippen molar-refractivity contribution in [3.8, 4) is 0 Å². The van der Waals surface area contributed by atoms with Crippen LogP contribution >= 0.6 is 11.8 Å². The Balaban J connectivity index is 2.15. The van der Waals surface area contributed by atoms with Crippen molar-refractivity contribution >= 4 is 11.8 Å². The second-order valence-electron chi connectivity index (χ2n) is 2.09. The van der Waals surface area contributed by atoms with E-state index in [2.05, 4.69) is 21.0 Å². The van der Waals surface area contributed by atoms with Gasteiger partial charge in [0.05, 0.1) is 0 Å². The topological polar surface area (TPSA) is 41.6 Å². The SMILES string of the molecule is [c]1ccc(Sc2ncc[nH]2)nc1. The van der Waals surface area contributed by atoms with Crippen LogP contribution in [0.2, 0.25) is 0 Å². The molecular weight excluding hydrogens is 170 g/mol. The molecule has 2 aromatic heterocycles. The van der Waals surface area contributed by atoms with E-state index in [1.54, 1.807) is 18.6 Å². The maximum atomic E-state index is 4.10. The van der Waals surface area contributed by atoms with Crippen LogP contribution in [0.15, 0.2) is 40.9 Å². The van der Waals surface area contributed by atoms with E-state index in [1.807, 2.05) is 12.1 Å². The Morgan fingerprint density at radius 1 is 1.42 bits per heavy atom. The summed E-state index contributed by atoms with van der Waals surface area (Å²) >= 11 is 1.50.